The van der Waals surface area contributed by atoms with Crippen LogP contribution in [-0.2, 0) is 0 Å². The van der Waals surface area contributed by atoms with E-state index in [2.05, 4.69) is 61.2 Å². The molecule has 1 aliphatic heterocycles. The van der Waals surface area contributed by atoms with Gasteiger partial charge in [-0.15, -0.1) is 0 Å². The summed E-state index contributed by atoms with van der Waals surface area (Å²) in [6.45, 7) is 5.32. The Morgan fingerprint density at radius 1 is 1.21 bits per heavy atom. The zero-order valence-corrected chi connectivity index (χ0v) is 12.5. The summed E-state index contributed by atoms with van der Waals surface area (Å²) in [7, 11) is 4.31. The van der Waals surface area contributed by atoms with Gasteiger partial charge in [0.1, 0.15) is 0 Å². The van der Waals surface area contributed by atoms with Crippen LogP contribution < -0.4 is 5.73 Å². The number of likely N-dealkylation sites (tertiary alicyclic amines) is 1. The van der Waals surface area contributed by atoms with Gasteiger partial charge < -0.3 is 10.6 Å². The standard InChI is InChI=1S/C16H27N3/c1-14(15-7-5-4-6-8-15)19-11-9-16(13-17,10-12-19)18(2)3/h4-8,14H,9-13,17H2,1-3H3. The monoisotopic (exact) mass is 261 g/mol. The Kier molecular flexibility index (Phi) is 4.61. The Morgan fingerprint density at radius 3 is 2.26 bits per heavy atom. The van der Waals surface area contributed by atoms with Crippen molar-refractivity contribution >= 4 is 0 Å². The molecule has 1 fully saturated rings. The molecule has 0 saturated carbocycles. The van der Waals surface area contributed by atoms with Crippen molar-refractivity contribution in [3.05, 3.63) is 35.9 Å². The van der Waals surface area contributed by atoms with Gasteiger partial charge in [0.05, 0.1) is 0 Å². The van der Waals surface area contributed by atoms with Crippen LogP contribution in [0.5, 0.6) is 0 Å². The van der Waals surface area contributed by atoms with Gasteiger partial charge in [0, 0.05) is 31.2 Å². The third kappa shape index (κ3) is 2.99. The summed E-state index contributed by atoms with van der Waals surface area (Å²) in [5, 5.41) is 0. The number of likely N-dealkylation sites (N-methyl/N-ethyl adjacent to an activating group) is 1. The van der Waals surface area contributed by atoms with E-state index < -0.39 is 0 Å². The van der Waals surface area contributed by atoms with Gasteiger partial charge in [0.15, 0.2) is 0 Å². The van der Waals surface area contributed by atoms with Crippen LogP contribution in [0.1, 0.15) is 31.4 Å². The summed E-state index contributed by atoms with van der Waals surface area (Å²) in [5.74, 6) is 0. The highest BCUT2D eigenvalue weighted by atomic mass is 15.2. The molecule has 0 bridgehead atoms. The van der Waals surface area contributed by atoms with Gasteiger partial charge in [-0.05, 0) is 39.4 Å². The fourth-order valence-corrected chi connectivity index (χ4v) is 3.10. The first-order chi connectivity index (χ1) is 9.09. The van der Waals surface area contributed by atoms with E-state index >= 15 is 0 Å². The van der Waals surface area contributed by atoms with Crippen molar-refractivity contribution in [2.24, 2.45) is 5.73 Å². The Bertz CT molecular complexity index is 380. The van der Waals surface area contributed by atoms with Crippen molar-refractivity contribution in [2.45, 2.75) is 31.3 Å². The highest BCUT2D eigenvalue weighted by molar-refractivity contribution is 5.18. The van der Waals surface area contributed by atoms with Gasteiger partial charge >= 0.3 is 0 Å². The highest BCUT2D eigenvalue weighted by Crippen LogP contribution is 2.30. The summed E-state index contributed by atoms with van der Waals surface area (Å²) >= 11 is 0. The molecule has 1 atom stereocenters. The molecule has 2 rings (SSSR count). The van der Waals surface area contributed by atoms with E-state index in [0.717, 1.165) is 32.5 Å². The van der Waals surface area contributed by atoms with E-state index in [1.54, 1.807) is 0 Å². The molecule has 3 nitrogen and oxygen atoms in total. The van der Waals surface area contributed by atoms with E-state index in [0.29, 0.717) is 6.04 Å². The molecule has 1 aliphatic rings. The summed E-state index contributed by atoms with van der Waals surface area (Å²) in [6.07, 6.45) is 2.32. The smallest absolute Gasteiger partial charge is 0.0349 e. The lowest BCUT2D eigenvalue weighted by molar-refractivity contribution is 0.0463. The van der Waals surface area contributed by atoms with Crippen molar-refractivity contribution in [3.63, 3.8) is 0 Å². The molecule has 1 unspecified atom stereocenters. The summed E-state index contributed by atoms with van der Waals surface area (Å²) in [5.41, 5.74) is 7.62. The van der Waals surface area contributed by atoms with Gasteiger partial charge in [-0.3, -0.25) is 4.90 Å². The molecule has 1 heterocycles. The predicted molar refractivity (Wildman–Crippen MR) is 81.1 cm³/mol. The molecule has 1 saturated heterocycles. The summed E-state index contributed by atoms with van der Waals surface area (Å²) < 4.78 is 0. The van der Waals surface area contributed by atoms with Crippen LogP contribution in [0.4, 0.5) is 0 Å². The average molecular weight is 261 g/mol. The zero-order valence-electron chi connectivity index (χ0n) is 12.5. The zero-order chi connectivity index (χ0) is 13.9. The Hall–Kier alpha value is -0.900. The van der Waals surface area contributed by atoms with Crippen molar-refractivity contribution in [1.82, 2.24) is 9.80 Å². The van der Waals surface area contributed by atoms with Crippen molar-refractivity contribution in [1.29, 1.82) is 0 Å². The molecular weight excluding hydrogens is 234 g/mol. The minimum absolute atomic E-state index is 0.201. The maximum absolute atomic E-state index is 6.01. The molecule has 106 valence electrons. The number of hydrogen-bond acceptors (Lipinski definition) is 3. The lowest BCUT2D eigenvalue weighted by atomic mass is 9.85. The second-order valence-electron chi connectivity index (χ2n) is 5.95. The Morgan fingerprint density at radius 2 is 1.79 bits per heavy atom. The Labute approximate surface area is 117 Å². The minimum Gasteiger partial charge on any atom is -0.329 e. The number of nitrogens with two attached hydrogens (primary N) is 1. The first kappa shape index (κ1) is 14.5. The fourth-order valence-electron chi connectivity index (χ4n) is 3.10. The van der Waals surface area contributed by atoms with E-state index in [1.807, 2.05) is 0 Å². The minimum atomic E-state index is 0.201. The van der Waals surface area contributed by atoms with Gasteiger partial charge in [-0.25, -0.2) is 0 Å². The number of hydrogen-bond donors (Lipinski definition) is 1. The average Bonchev–Trinajstić information content (AvgIpc) is 2.47. The van der Waals surface area contributed by atoms with Crippen LogP contribution in [0.2, 0.25) is 0 Å². The van der Waals surface area contributed by atoms with Crippen molar-refractivity contribution in [3.8, 4) is 0 Å². The van der Waals surface area contributed by atoms with Crippen molar-refractivity contribution < 1.29 is 0 Å². The SMILES string of the molecule is CC(c1ccccc1)N1CCC(CN)(N(C)C)CC1. The van der Waals surface area contributed by atoms with Gasteiger partial charge in [-0.1, -0.05) is 30.3 Å². The number of rotatable bonds is 4. The largest absolute Gasteiger partial charge is 0.329 e. The van der Waals surface area contributed by atoms with Crippen LogP contribution in [0.25, 0.3) is 0 Å². The molecule has 3 heteroatoms. The third-order valence-corrected chi connectivity index (χ3v) is 4.89. The normalized spacial score (nSPS) is 21.5. The molecule has 0 spiro atoms. The van der Waals surface area contributed by atoms with E-state index in [4.69, 9.17) is 5.73 Å². The number of benzene rings is 1. The van der Waals surface area contributed by atoms with Gasteiger partial charge in [0.2, 0.25) is 0 Å². The van der Waals surface area contributed by atoms with E-state index in [1.165, 1.54) is 5.56 Å². The highest BCUT2D eigenvalue weighted by Gasteiger charge is 2.36. The van der Waals surface area contributed by atoms with E-state index in [-0.39, 0.29) is 5.54 Å². The summed E-state index contributed by atoms with van der Waals surface area (Å²) in [6, 6.07) is 11.3. The third-order valence-electron chi connectivity index (χ3n) is 4.89. The molecule has 1 aromatic carbocycles. The van der Waals surface area contributed by atoms with Crippen LogP contribution in [0.15, 0.2) is 30.3 Å². The van der Waals surface area contributed by atoms with Crippen LogP contribution in [0.3, 0.4) is 0 Å². The summed E-state index contributed by atoms with van der Waals surface area (Å²) in [4.78, 5) is 4.89. The lowest BCUT2D eigenvalue weighted by Gasteiger charge is -2.47. The lowest BCUT2D eigenvalue weighted by Crippen LogP contribution is -2.57. The molecular formula is C16H27N3. The second kappa shape index (κ2) is 6.04. The Balaban J connectivity index is 2.00. The van der Waals surface area contributed by atoms with Crippen LogP contribution >= 0.6 is 0 Å². The molecule has 19 heavy (non-hydrogen) atoms. The molecule has 0 amide bonds. The topological polar surface area (TPSA) is 32.5 Å². The molecule has 0 radical (unpaired) electrons. The fraction of sp³-hybridized carbons (Fsp3) is 0.625. The van der Waals surface area contributed by atoms with Gasteiger partial charge in [0.25, 0.3) is 0 Å². The number of nitrogens with zero attached hydrogens (tertiary/aromatic N) is 2. The number of piperidine rings is 1. The molecule has 2 N–H and O–H groups in total. The van der Waals surface area contributed by atoms with E-state index in [9.17, 15) is 0 Å². The first-order valence-corrected chi connectivity index (χ1v) is 7.25. The predicted octanol–water partition coefficient (Wildman–Crippen LogP) is 2.10. The second-order valence-corrected chi connectivity index (χ2v) is 5.95. The van der Waals surface area contributed by atoms with Crippen molar-refractivity contribution in [2.75, 3.05) is 33.7 Å². The molecule has 0 aliphatic carbocycles. The molecule has 1 aromatic rings. The van der Waals surface area contributed by atoms with Crippen LogP contribution in [-0.4, -0.2) is 49.1 Å². The maximum Gasteiger partial charge on any atom is 0.0349 e. The molecule has 0 aromatic heterocycles. The first-order valence-electron chi connectivity index (χ1n) is 7.25. The van der Waals surface area contributed by atoms with Gasteiger partial charge in [-0.2, -0.15) is 0 Å². The van der Waals surface area contributed by atoms with Crippen LogP contribution in [0, 0.1) is 0 Å². The maximum atomic E-state index is 6.01. The quantitative estimate of drug-likeness (QED) is 0.901.